The summed E-state index contributed by atoms with van der Waals surface area (Å²) in [4.78, 5) is 3.62. The Kier molecular flexibility index (Phi) is 2.27. The summed E-state index contributed by atoms with van der Waals surface area (Å²) < 4.78 is 12.7. The Bertz CT molecular complexity index is 225. The lowest BCUT2D eigenvalue weighted by atomic mass is 10.2. The van der Waals surface area contributed by atoms with Gasteiger partial charge in [0.05, 0.1) is 6.20 Å². The molecule has 0 aliphatic rings. The smallest absolute Gasteiger partial charge is 0.145 e. The summed E-state index contributed by atoms with van der Waals surface area (Å²) >= 11 is 4.09. The van der Waals surface area contributed by atoms with Gasteiger partial charge >= 0.3 is 0 Å². The summed E-state index contributed by atoms with van der Waals surface area (Å²) in [6, 6.07) is 1.63. The molecule has 0 amide bonds. The molecule has 0 aliphatic heterocycles. The van der Waals surface area contributed by atoms with E-state index < -0.39 is 0 Å². The number of pyridine rings is 1. The van der Waals surface area contributed by atoms with Gasteiger partial charge in [0.1, 0.15) is 5.82 Å². The van der Waals surface area contributed by atoms with Crippen LogP contribution in [0.1, 0.15) is 17.7 Å². The molecule has 54 valence electrons. The van der Waals surface area contributed by atoms with Crippen LogP contribution in [0, 0.1) is 5.82 Å². The van der Waals surface area contributed by atoms with Crippen LogP contribution in [0.5, 0.6) is 0 Å². The van der Waals surface area contributed by atoms with Gasteiger partial charge in [0.15, 0.2) is 0 Å². The van der Waals surface area contributed by atoms with Gasteiger partial charge in [-0.2, -0.15) is 12.6 Å². The highest BCUT2D eigenvalue weighted by atomic mass is 32.1. The number of nitrogens with zero attached hydrogens (tertiary/aromatic N) is 1. The summed E-state index contributed by atoms with van der Waals surface area (Å²) in [5, 5.41) is -0.0667. The molecule has 0 radical (unpaired) electrons. The number of hydrogen-bond donors (Lipinski definition) is 1. The standard InChI is InChI=1S/C7H8FNS/c1-5(10)6-2-3-9-4-7(6)8/h2-5,10H,1H3. The highest BCUT2D eigenvalue weighted by Crippen LogP contribution is 2.20. The van der Waals surface area contributed by atoms with E-state index in [1.54, 1.807) is 12.3 Å². The van der Waals surface area contributed by atoms with E-state index >= 15 is 0 Å². The molecule has 0 saturated carbocycles. The van der Waals surface area contributed by atoms with Crippen LogP contribution in [0.4, 0.5) is 4.39 Å². The van der Waals surface area contributed by atoms with Crippen LogP contribution in [0.3, 0.4) is 0 Å². The Morgan fingerprint density at radius 2 is 2.40 bits per heavy atom. The van der Waals surface area contributed by atoms with Crippen LogP contribution in [0.25, 0.3) is 0 Å². The lowest BCUT2D eigenvalue weighted by molar-refractivity contribution is 0.604. The first-order valence-corrected chi connectivity index (χ1v) is 3.51. The molecule has 1 nitrogen and oxygen atoms in total. The SMILES string of the molecule is CC(S)c1ccncc1F. The van der Waals surface area contributed by atoms with Crippen LogP contribution in [-0.4, -0.2) is 4.98 Å². The normalized spacial score (nSPS) is 13.1. The van der Waals surface area contributed by atoms with Crippen molar-refractivity contribution in [3.8, 4) is 0 Å². The molecule has 0 saturated heterocycles. The molecule has 0 aromatic carbocycles. The quantitative estimate of drug-likeness (QED) is 0.617. The van der Waals surface area contributed by atoms with Gasteiger partial charge < -0.3 is 0 Å². The van der Waals surface area contributed by atoms with Gasteiger partial charge in [-0.05, 0) is 13.0 Å². The van der Waals surface area contributed by atoms with Crippen molar-refractivity contribution in [3.05, 3.63) is 29.8 Å². The maximum absolute atomic E-state index is 12.7. The third kappa shape index (κ3) is 1.48. The van der Waals surface area contributed by atoms with E-state index in [0.717, 1.165) is 0 Å². The minimum atomic E-state index is -0.287. The van der Waals surface area contributed by atoms with E-state index in [-0.39, 0.29) is 11.1 Å². The van der Waals surface area contributed by atoms with E-state index in [4.69, 9.17) is 0 Å². The van der Waals surface area contributed by atoms with E-state index in [9.17, 15) is 4.39 Å². The molecule has 1 aromatic rings. The van der Waals surface area contributed by atoms with Crippen LogP contribution in [0.2, 0.25) is 0 Å². The van der Waals surface area contributed by atoms with Gasteiger partial charge in [0, 0.05) is 17.0 Å². The first-order valence-electron chi connectivity index (χ1n) is 2.99. The predicted molar refractivity (Wildman–Crippen MR) is 41.6 cm³/mol. The van der Waals surface area contributed by atoms with E-state index in [0.29, 0.717) is 5.56 Å². The van der Waals surface area contributed by atoms with E-state index in [1.807, 2.05) is 6.92 Å². The van der Waals surface area contributed by atoms with Crippen molar-refractivity contribution in [2.45, 2.75) is 12.2 Å². The first kappa shape index (κ1) is 7.54. The number of thiol groups is 1. The molecule has 1 aromatic heterocycles. The minimum Gasteiger partial charge on any atom is -0.262 e. The monoisotopic (exact) mass is 157 g/mol. The highest BCUT2D eigenvalue weighted by molar-refractivity contribution is 7.80. The van der Waals surface area contributed by atoms with Crippen molar-refractivity contribution < 1.29 is 4.39 Å². The number of halogens is 1. The number of aromatic nitrogens is 1. The van der Waals surface area contributed by atoms with Crippen LogP contribution in [0.15, 0.2) is 18.5 Å². The van der Waals surface area contributed by atoms with Gasteiger partial charge in [-0.25, -0.2) is 4.39 Å². The fourth-order valence-corrected chi connectivity index (χ4v) is 0.934. The van der Waals surface area contributed by atoms with Crippen LogP contribution < -0.4 is 0 Å². The molecule has 0 fully saturated rings. The molecule has 3 heteroatoms. The Hall–Kier alpha value is -0.570. The predicted octanol–water partition coefficient (Wildman–Crippen LogP) is 2.21. The molecule has 0 aliphatic carbocycles. The molecular formula is C7H8FNS. The van der Waals surface area contributed by atoms with Crippen molar-refractivity contribution in [2.75, 3.05) is 0 Å². The average molecular weight is 157 g/mol. The molecule has 1 heterocycles. The second-order valence-corrected chi connectivity index (χ2v) is 2.85. The maximum Gasteiger partial charge on any atom is 0.145 e. The van der Waals surface area contributed by atoms with Crippen molar-refractivity contribution in [1.82, 2.24) is 4.98 Å². The zero-order valence-electron chi connectivity index (χ0n) is 5.58. The lowest BCUT2D eigenvalue weighted by Crippen LogP contribution is -1.90. The number of hydrogen-bond acceptors (Lipinski definition) is 2. The zero-order chi connectivity index (χ0) is 7.56. The largest absolute Gasteiger partial charge is 0.262 e. The van der Waals surface area contributed by atoms with Gasteiger partial charge in [-0.3, -0.25) is 4.98 Å². The fraction of sp³-hybridized carbons (Fsp3) is 0.286. The van der Waals surface area contributed by atoms with Crippen LogP contribution >= 0.6 is 12.6 Å². The molecule has 10 heavy (non-hydrogen) atoms. The topological polar surface area (TPSA) is 12.9 Å². The summed E-state index contributed by atoms with van der Waals surface area (Å²) in [6.07, 6.45) is 2.76. The maximum atomic E-state index is 12.7. The zero-order valence-corrected chi connectivity index (χ0v) is 6.48. The Balaban J connectivity index is 3.03. The molecule has 0 N–H and O–H groups in total. The summed E-state index contributed by atoms with van der Waals surface area (Å²) in [6.45, 7) is 1.82. The summed E-state index contributed by atoms with van der Waals surface area (Å²) in [5.74, 6) is -0.287. The van der Waals surface area contributed by atoms with Crippen molar-refractivity contribution >= 4 is 12.6 Å². The second-order valence-electron chi connectivity index (χ2n) is 2.07. The third-order valence-corrected chi connectivity index (χ3v) is 1.53. The van der Waals surface area contributed by atoms with E-state index in [2.05, 4.69) is 17.6 Å². The molecule has 0 bridgehead atoms. The number of rotatable bonds is 1. The van der Waals surface area contributed by atoms with Gasteiger partial charge in [0.2, 0.25) is 0 Å². The molecule has 0 spiro atoms. The summed E-state index contributed by atoms with van der Waals surface area (Å²) in [5.41, 5.74) is 0.596. The first-order chi connectivity index (χ1) is 4.72. The molecular weight excluding hydrogens is 149 g/mol. The van der Waals surface area contributed by atoms with E-state index in [1.165, 1.54) is 6.20 Å². The average Bonchev–Trinajstić information content (AvgIpc) is 1.88. The van der Waals surface area contributed by atoms with Crippen molar-refractivity contribution in [3.63, 3.8) is 0 Å². The third-order valence-electron chi connectivity index (χ3n) is 1.25. The molecule has 1 atom stereocenters. The highest BCUT2D eigenvalue weighted by Gasteiger charge is 2.04. The van der Waals surface area contributed by atoms with Crippen LogP contribution in [-0.2, 0) is 0 Å². The fourth-order valence-electron chi connectivity index (χ4n) is 0.725. The Labute approximate surface area is 64.7 Å². The minimum absolute atomic E-state index is 0.0667. The Morgan fingerprint density at radius 3 is 2.80 bits per heavy atom. The van der Waals surface area contributed by atoms with Crippen molar-refractivity contribution in [1.29, 1.82) is 0 Å². The van der Waals surface area contributed by atoms with Gasteiger partial charge in [-0.15, -0.1) is 0 Å². The van der Waals surface area contributed by atoms with Gasteiger partial charge in [-0.1, -0.05) is 0 Å². The Morgan fingerprint density at radius 1 is 1.70 bits per heavy atom. The van der Waals surface area contributed by atoms with Gasteiger partial charge in [0.25, 0.3) is 0 Å². The molecule has 1 rings (SSSR count). The lowest BCUT2D eigenvalue weighted by Gasteiger charge is -2.03. The van der Waals surface area contributed by atoms with Crippen molar-refractivity contribution in [2.24, 2.45) is 0 Å². The summed E-state index contributed by atoms with van der Waals surface area (Å²) in [7, 11) is 0. The second kappa shape index (κ2) is 3.01. The molecule has 1 unspecified atom stereocenters.